The molecule has 9 heteroatoms. The third-order valence-corrected chi connectivity index (χ3v) is 7.74. The number of para-hydroxylation sites is 1. The number of nitrogens with zero attached hydrogens (tertiary/aromatic N) is 2. The van der Waals surface area contributed by atoms with Crippen LogP contribution >= 0.6 is 35.6 Å². The molecule has 0 unspecified atom stereocenters. The minimum absolute atomic E-state index is 0.0913. The molecule has 0 bridgehead atoms. The van der Waals surface area contributed by atoms with E-state index in [1.165, 1.54) is 12.1 Å². The second-order valence-electron chi connectivity index (χ2n) is 8.26. The molecule has 182 valence electrons. The molecule has 1 aliphatic rings. The summed E-state index contributed by atoms with van der Waals surface area (Å²) in [5, 5.41) is 1.62. The number of benzene rings is 3. The number of carbonyl (C=O) groups is 1. The van der Waals surface area contributed by atoms with E-state index in [2.05, 4.69) is 4.57 Å². The highest BCUT2D eigenvalue weighted by molar-refractivity contribution is 8.27. The second-order valence-corrected chi connectivity index (χ2v) is 10.3. The lowest BCUT2D eigenvalue weighted by Crippen LogP contribution is -2.27. The standard InChI is InChI=1S/C27H18ClF3N2OS2/c1-16-21(20-10-3-5-12-23(20)32(16)15-17-7-2-4-11-22(17)28)14-24-25(34)33(26(35)36-24)19-9-6-8-18(13-19)27(29,30)31/h2-14H,15H2,1H3/b24-14+. The van der Waals surface area contributed by atoms with Crippen LogP contribution in [0.5, 0.6) is 0 Å². The topological polar surface area (TPSA) is 25.2 Å². The van der Waals surface area contributed by atoms with E-state index in [0.29, 0.717) is 16.5 Å². The molecule has 2 heterocycles. The maximum absolute atomic E-state index is 13.3. The van der Waals surface area contributed by atoms with Crippen LogP contribution in [0.3, 0.4) is 0 Å². The van der Waals surface area contributed by atoms with Gasteiger partial charge in [-0.05, 0) is 48.9 Å². The molecule has 1 saturated heterocycles. The lowest BCUT2D eigenvalue weighted by molar-refractivity contribution is -0.137. The van der Waals surface area contributed by atoms with Crippen molar-refractivity contribution in [3.63, 3.8) is 0 Å². The fourth-order valence-corrected chi connectivity index (χ4v) is 5.76. The van der Waals surface area contributed by atoms with Crippen molar-refractivity contribution < 1.29 is 18.0 Å². The summed E-state index contributed by atoms with van der Waals surface area (Å²) in [5.74, 6) is -0.452. The minimum Gasteiger partial charge on any atom is -0.340 e. The van der Waals surface area contributed by atoms with E-state index in [1.54, 1.807) is 6.08 Å². The van der Waals surface area contributed by atoms with Gasteiger partial charge in [0, 0.05) is 33.7 Å². The molecule has 0 aliphatic carbocycles. The van der Waals surface area contributed by atoms with E-state index in [4.69, 9.17) is 23.8 Å². The van der Waals surface area contributed by atoms with Crippen LogP contribution < -0.4 is 4.90 Å². The van der Waals surface area contributed by atoms with Crippen LogP contribution in [0.1, 0.15) is 22.4 Å². The predicted molar refractivity (Wildman–Crippen MR) is 144 cm³/mol. The lowest BCUT2D eigenvalue weighted by atomic mass is 10.1. The van der Waals surface area contributed by atoms with Crippen molar-refractivity contribution in [2.45, 2.75) is 19.6 Å². The molecule has 5 rings (SSSR count). The highest BCUT2D eigenvalue weighted by Gasteiger charge is 2.36. The minimum atomic E-state index is -4.52. The number of alkyl halides is 3. The lowest BCUT2D eigenvalue weighted by Gasteiger charge is -2.16. The predicted octanol–water partition coefficient (Wildman–Crippen LogP) is 8.08. The first-order chi connectivity index (χ1) is 17.1. The van der Waals surface area contributed by atoms with Crippen molar-refractivity contribution >= 4 is 68.5 Å². The summed E-state index contributed by atoms with van der Waals surface area (Å²) in [7, 11) is 0. The Hall–Kier alpha value is -3.07. The molecule has 0 spiro atoms. The first kappa shape index (κ1) is 24.6. The van der Waals surface area contributed by atoms with Crippen LogP contribution in [-0.2, 0) is 17.5 Å². The molecule has 3 nitrogen and oxygen atoms in total. The van der Waals surface area contributed by atoms with E-state index in [0.717, 1.165) is 56.5 Å². The average molecular weight is 543 g/mol. The van der Waals surface area contributed by atoms with Crippen LogP contribution in [-0.4, -0.2) is 14.8 Å². The largest absolute Gasteiger partial charge is 0.416 e. The first-order valence-corrected chi connectivity index (χ1v) is 12.5. The van der Waals surface area contributed by atoms with Crippen molar-refractivity contribution in [1.82, 2.24) is 4.57 Å². The van der Waals surface area contributed by atoms with Gasteiger partial charge in [0.15, 0.2) is 4.32 Å². The maximum atomic E-state index is 13.3. The third kappa shape index (κ3) is 4.45. The van der Waals surface area contributed by atoms with Gasteiger partial charge in [-0.25, -0.2) is 0 Å². The van der Waals surface area contributed by atoms with Gasteiger partial charge in [-0.3, -0.25) is 9.69 Å². The van der Waals surface area contributed by atoms with E-state index in [1.807, 2.05) is 55.5 Å². The van der Waals surface area contributed by atoms with Gasteiger partial charge in [0.2, 0.25) is 0 Å². The average Bonchev–Trinajstić information content (AvgIpc) is 3.27. The van der Waals surface area contributed by atoms with Gasteiger partial charge < -0.3 is 4.57 Å². The van der Waals surface area contributed by atoms with Crippen molar-refractivity contribution in [3.05, 3.63) is 105 Å². The number of hydrogen-bond acceptors (Lipinski definition) is 3. The Morgan fingerprint density at radius 2 is 1.75 bits per heavy atom. The zero-order valence-electron chi connectivity index (χ0n) is 18.8. The second kappa shape index (κ2) is 9.42. The van der Waals surface area contributed by atoms with Gasteiger partial charge in [-0.1, -0.05) is 78.0 Å². The quantitative estimate of drug-likeness (QED) is 0.192. The summed E-state index contributed by atoms with van der Waals surface area (Å²) in [6.45, 7) is 2.52. The Labute approximate surface area is 220 Å². The molecule has 0 saturated carbocycles. The van der Waals surface area contributed by atoms with Crippen LogP contribution in [0, 0.1) is 6.92 Å². The molecule has 4 aromatic rings. The fourth-order valence-electron chi connectivity index (χ4n) is 4.28. The Morgan fingerprint density at radius 3 is 2.50 bits per heavy atom. The zero-order chi connectivity index (χ0) is 25.6. The number of aromatic nitrogens is 1. The number of carbonyl (C=O) groups excluding carboxylic acids is 1. The molecular formula is C27H18ClF3N2OS2. The summed E-state index contributed by atoms with van der Waals surface area (Å²) in [6, 6.07) is 20.1. The van der Waals surface area contributed by atoms with Crippen LogP contribution in [0.25, 0.3) is 17.0 Å². The molecule has 0 atom stereocenters. The smallest absolute Gasteiger partial charge is 0.340 e. The summed E-state index contributed by atoms with van der Waals surface area (Å²) in [5.41, 5.74) is 2.98. The number of rotatable bonds is 4. The maximum Gasteiger partial charge on any atom is 0.416 e. The number of hydrogen-bond donors (Lipinski definition) is 0. The van der Waals surface area contributed by atoms with Gasteiger partial charge in [-0.2, -0.15) is 13.2 Å². The third-order valence-electron chi connectivity index (χ3n) is 6.07. The van der Waals surface area contributed by atoms with Gasteiger partial charge in [-0.15, -0.1) is 0 Å². The molecule has 3 aromatic carbocycles. The van der Waals surface area contributed by atoms with Crippen LogP contribution in [0.15, 0.2) is 77.7 Å². The van der Waals surface area contributed by atoms with E-state index in [-0.39, 0.29) is 10.0 Å². The van der Waals surface area contributed by atoms with Gasteiger partial charge >= 0.3 is 6.18 Å². The number of anilines is 1. The van der Waals surface area contributed by atoms with Crippen LogP contribution in [0.2, 0.25) is 5.02 Å². The highest BCUT2D eigenvalue weighted by atomic mass is 35.5. The highest BCUT2D eigenvalue weighted by Crippen LogP contribution is 2.40. The number of halogens is 4. The fraction of sp³-hybridized carbons (Fsp3) is 0.111. The van der Waals surface area contributed by atoms with Gasteiger partial charge in [0.05, 0.1) is 16.2 Å². The molecule has 1 aliphatic heterocycles. The summed E-state index contributed by atoms with van der Waals surface area (Å²) in [6.07, 6.45) is -2.75. The van der Waals surface area contributed by atoms with E-state index >= 15 is 0 Å². The Balaban J connectivity index is 1.56. The molecular weight excluding hydrogens is 525 g/mol. The molecule has 1 aromatic heterocycles. The normalized spacial score (nSPS) is 15.5. The SMILES string of the molecule is Cc1c(/C=C2/SC(=S)N(c3cccc(C(F)(F)F)c3)C2=O)c2ccccc2n1Cc1ccccc1Cl. The number of thiocarbonyl (C=S) groups is 1. The van der Waals surface area contributed by atoms with E-state index in [9.17, 15) is 18.0 Å². The molecule has 1 fully saturated rings. The van der Waals surface area contributed by atoms with Crippen molar-refractivity contribution in [2.75, 3.05) is 4.90 Å². The summed E-state index contributed by atoms with van der Waals surface area (Å²) < 4.78 is 42.0. The van der Waals surface area contributed by atoms with Crippen LogP contribution in [0.4, 0.5) is 18.9 Å². The van der Waals surface area contributed by atoms with E-state index < -0.39 is 17.6 Å². The summed E-state index contributed by atoms with van der Waals surface area (Å²) >= 11 is 12.9. The molecule has 36 heavy (non-hydrogen) atoms. The van der Waals surface area contributed by atoms with Crippen molar-refractivity contribution in [1.29, 1.82) is 0 Å². The number of fused-ring (bicyclic) bond motifs is 1. The van der Waals surface area contributed by atoms with Gasteiger partial charge in [0.25, 0.3) is 5.91 Å². The Kier molecular flexibility index (Phi) is 6.44. The zero-order valence-corrected chi connectivity index (χ0v) is 21.2. The Bertz CT molecular complexity index is 1560. The molecule has 1 amide bonds. The Morgan fingerprint density at radius 1 is 1.03 bits per heavy atom. The van der Waals surface area contributed by atoms with Crippen molar-refractivity contribution in [3.8, 4) is 0 Å². The summed E-state index contributed by atoms with van der Waals surface area (Å²) in [4.78, 5) is 14.8. The number of thioether (sulfide) groups is 1. The van der Waals surface area contributed by atoms with Crippen molar-refractivity contribution in [2.24, 2.45) is 0 Å². The van der Waals surface area contributed by atoms with Gasteiger partial charge in [0.1, 0.15) is 0 Å². The first-order valence-electron chi connectivity index (χ1n) is 10.9. The molecule has 0 N–H and O–H groups in total. The molecule has 0 radical (unpaired) electrons. The monoisotopic (exact) mass is 542 g/mol. The number of amides is 1.